The first-order valence-electron chi connectivity index (χ1n) is 8.10. The highest BCUT2D eigenvalue weighted by atomic mass is 15.4. The van der Waals surface area contributed by atoms with Crippen molar-refractivity contribution in [2.75, 3.05) is 5.32 Å². The molecule has 4 rings (SSSR count). The molecule has 0 bridgehead atoms. The largest absolute Gasteiger partial charge is 0.365 e. The highest BCUT2D eigenvalue weighted by molar-refractivity contribution is 5.88. The standard InChI is InChI=1S/C17H20N6/c1-11(2)16-21-15-8-7-12(9-23(15)22-16)20-17-13-5-3-4-6-14(13)18-10-19-17/h3-6,10-12H,7-9H2,1-2H3,(H,18,19,20)/t12-/m1/s1. The molecule has 1 aliphatic heterocycles. The number of aryl methyl sites for hydroxylation is 1. The number of hydrogen-bond donors (Lipinski definition) is 1. The molecule has 0 unspecified atom stereocenters. The number of benzene rings is 1. The van der Waals surface area contributed by atoms with E-state index in [4.69, 9.17) is 0 Å². The molecule has 2 aromatic heterocycles. The van der Waals surface area contributed by atoms with Crippen molar-refractivity contribution < 1.29 is 0 Å². The van der Waals surface area contributed by atoms with Crippen molar-refractivity contribution in [1.82, 2.24) is 24.7 Å². The van der Waals surface area contributed by atoms with E-state index in [1.165, 1.54) is 0 Å². The minimum absolute atomic E-state index is 0.308. The summed E-state index contributed by atoms with van der Waals surface area (Å²) in [6.45, 7) is 5.08. The zero-order chi connectivity index (χ0) is 15.8. The first kappa shape index (κ1) is 14.1. The van der Waals surface area contributed by atoms with Crippen LogP contribution in [-0.2, 0) is 13.0 Å². The van der Waals surface area contributed by atoms with E-state index in [2.05, 4.69) is 45.3 Å². The van der Waals surface area contributed by atoms with Crippen LogP contribution in [0.5, 0.6) is 0 Å². The van der Waals surface area contributed by atoms with Gasteiger partial charge >= 0.3 is 0 Å². The molecule has 3 aromatic rings. The number of fused-ring (bicyclic) bond motifs is 2. The molecule has 1 atom stereocenters. The quantitative estimate of drug-likeness (QED) is 0.806. The molecule has 23 heavy (non-hydrogen) atoms. The van der Waals surface area contributed by atoms with E-state index in [0.717, 1.165) is 47.8 Å². The molecule has 0 saturated carbocycles. The van der Waals surface area contributed by atoms with E-state index in [1.54, 1.807) is 6.33 Å². The van der Waals surface area contributed by atoms with Crippen LogP contribution in [0.25, 0.3) is 10.9 Å². The van der Waals surface area contributed by atoms with Crippen molar-refractivity contribution in [3.8, 4) is 0 Å². The molecule has 1 N–H and O–H groups in total. The van der Waals surface area contributed by atoms with E-state index in [-0.39, 0.29) is 0 Å². The summed E-state index contributed by atoms with van der Waals surface area (Å²) < 4.78 is 2.04. The van der Waals surface area contributed by atoms with E-state index < -0.39 is 0 Å². The predicted molar refractivity (Wildman–Crippen MR) is 89.4 cm³/mol. The molecular formula is C17H20N6. The zero-order valence-electron chi connectivity index (χ0n) is 13.4. The zero-order valence-corrected chi connectivity index (χ0v) is 13.4. The Morgan fingerprint density at radius 2 is 2.09 bits per heavy atom. The molecule has 0 amide bonds. The summed E-state index contributed by atoms with van der Waals surface area (Å²) in [7, 11) is 0. The van der Waals surface area contributed by atoms with Gasteiger partial charge in [-0.25, -0.2) is 19.6 Å². The van der Waals surface area contributed by atoms with Crippen LogP contribution in [0.2, 0.25) is 0 Å². The van der Waals surface area contributed by atoms with Crippen LogP contribution < -0.4 is 5.32 Å². The third-order valence-electron chi connectivity index (χ3n) is 4.27. The van der Waals surface area contributed by atoms with Crippen molar-refractivity contribution in [3.05, 3.63) is 42.2 Å². The lowest BCUT2D eigenvalue weighted by atomic mass is 10.1. The molecule has 6 nitrogen and oxygen atoms in total. The van der Waals surface area contributed by atoms with Gasteiger partial charge in [0, 0.05) is 23.8 Å². The third-order valence-corrected chi connectivity index (χ3v) is 4.27. The second-order valence-corrected chi connectivity index (χ2v) is 6.34. The molecule has 0 spiro atoms. The van der Waals surface area contributed by atoms with Crippen LogP contribution in [0.1, 0.15) is 37.8 Å². The molecule has 0 fully saturated rings. The second-order valence-electron chi connectivity index (χ2n) is 6.34. The molecule has 1 aromatic carbocycles. The Bertz CT molecular complexity index is 833. The molecule has 1 aliphatic rings. The SMILES string of the molecule is CC(C)c1nc2n(n1)C[C@H](Nc1ncnc3ccccc13)CC2. The van der Waals surface area contributed by atoms with E-state index in [9.17, 15) is 0 Å². The Morgan fingerprint density at radius 1 is 1.22 bits per heavy atom. The number of anilines is 1. The van der Waals surface area contributed by atoms with Crippen molar-refractivity contribution in [1.29, 1.82) is 0 Å². The van der Waals surface area contributed by atoms with Gasteiger partial charge in [0.05, 0.1) is 12.1 Å². The van der Waals surface area contributed by atoms with Gasteiger partial charge in [-0.15, -0.1) is 0 Å². The Kier molecular flexibility index (Phi) is 3.44. The maximum Gasteiger partial charge on any atom is 0.153 e. The first-order chi connectivity index (χ1) is 11.2. The Morgan fingerprint density at radius 3 is 2.96 bits per heavy atom. The Hall–Kier alpha value is -2.50. The van der Waals surface area contributed by atoms with Gasteiger partial charge in [-0.05, 0) is 18.6 Å². The molecule has 0 radical (unpaired) electrons. The van der Waals surface area contributed by atoms with Gasteiger partial charge in [-0.3, -0.25) is 0 Å². The van der Waals surface area contributed by atoms with Gasteiger partial charge in [0.1, 0.15) is 18.0 Å². The minimum Gasteiger partial charge on any atom is -0.365 e. The number of aromatic nitrogens is 5. The summed E-state index contributed by atoms with van der Waals surface area (Å²) in [5, 5.41) is 9.26. The summed E-state index contributed by atoms with van der Waals surface area (Å²) >= 11 is 0. The van der Waals surface area contributed by atoms with Gasteiger partial charge in [0.2, 0.25) is 0 Å². The highest BCUT2D eigenvalue weighted by Crippen LogP contribution is 2.23. The molecule has 3 heterocycles. The third kappa shape index (κ3) is 2.65. The molecular weight excluding hydrogens is 288 g/mol. The second kappa shape index (κ2) is 5.61. The first-order valence-corrected chi connectivity index (χ1v) is 8.10. The Labute approximate surface area is 135 Å². The fourth-order valence-corrected chi connectivity index (χ4v) is 3.00. The van der Waals surface area contributed by atoms with Gasteiger partial charge in [0.25, 0.3) is 0 Å². The highest BCUT2D eigenvalue weighted by Gasteiger charge is 2.23. The van der Waals surface area contributed by atoms with Crippen molar-refractivity contribution in [2.24, 2.45) is 0 Å². The van der Waals surface area contributed by atoms with Crippen LogP contribution in [0.3, 0.4) is 0 Å². The smallest absolute Gasteiger partial charge is 0.153 e. The van der Waals surface area contributed by atoms with Crippen LogP contribution in [-0.4, -0.2) is 30.8 Å². The van der Waals surface area contributed by atoms with Crippen molar-refractivity contribution in [3.63, 3.8) is 0 Å². The number of nitrogens with one attached hydrogen (secondary N) is 1. The van der Waals surface area contributed by atoms with Crippen molar-refractivity contribution >= 4 is 16.7 Å². The average Bonchev–Trinajstić information content (AvgIpc) is 2.99. The van der Waals surface area contributed by atoms with Crippen LogP contribution >= 0.6 is 0 Å². The fraction of sp³-hybridized carbons (Fsp3) is 0.412. The van der Waals surface area contributed by atoms with Gasteiger partial charge in [-0.1, -0.05) is 26.0 Å². The van der Waals surface area contributed by atoms with E-state index in [0.29, 0.717) is 12.0 Å². The number of hydrogen-bond acceptors (Lipinski definition) is 5. The summed E-state index contributed by atoms with van der Waals surface area (Å²) in [5.74, 6) is 3.30. The van der Waals surface area contributed by atoms with E-state index in [1.807, 2.05) is 22.9 Å². The van der Waals surface area contributed by atoms with Gasteiger partial charge < -0.3 is 5.32 Å². The summed E-state index contributed by atoms with van der Waals surface area (Å²) in [6.07, 6.45) is 3.60. The lowest BCUT2D eigenvalue weighted by Crippen LogP contribution is -2.32. The lowest BCUT2D eigenvalue weighted by molar-refractivity contribution is 0.439. The molecule has 118 valence electrons. The van der Waals surface area contributed by atoms with Gasteiger partial charge in [-0.2, -0.15) is 5.10 Å². The lowest BCUT2D eigenvalue weighted by Gasteiger charge is -2.24. The minimum atomic E-state index is 0.308. The summed E-state index contributed by atoms with van der Waals surface area (Å²) in [6, 6.07) is 8.38. The number of rotatable bonds is 3. The monoisotopic (exact) mass is 308 g/mol. The predicted octanol–water partition coefficient (Wildman–Crippen LogP) is 2.77. The normalized spacial score (nSPS) is 17.4. The number of nitrogens with zero attached hydrogens (tertiary/aromatic N) is 5. The topological polar surface area (TPSA) is 68.5 Å². The molecule has 0 saturated heterocycles. The van der Waals surface area contributed by atoms with Crippen molar-refractivity contribution in [2.45, 2.75) is 45.2 Å². The molecule has 6 heteroatoms. The average molecular weight is 308 g/mol. The maximum absolute atomic E-state index is 4.64. The van der Waals surface area contributed by atoms with E-state index >= 15 is 0 Å². The fourth-order valence-electron chi connectivity index (χ4n) is 3.00. The summed E-state index contributed by atoms with van der Waals surface area (Å²) in [4.78, 5) is 13.4. The van der Waals surface area contributed by atoms with Crippen LogP contribution in [0.4, 0.5) is 5.82 Å². The van der Waals surface area contributed by atoms with Crippen LogP contribution in [0.15, 0.2) is 30.6 Å². The van der Waals surface area contributed by atoms with Gasteiger partial charge in [0.15, 0.2) is 5.82 Å². The maximum atomic E-state index is 4.64. The van der Waals surface area contributed by atoms with Crippen LogP contribution in [0, 0.1) is 0 Å². The molecule has 0 aliphatic carbocycles. The Balaban J connectivity index is 1.57. The summed E-state index contributed by atoms with van der Waals surface area (Å²) in [5.41, 5.74) is 0.962. The number of para-hydroxylation sites is 1.